The molecule has 1 heterocycles. The fourth-order valence-electron chi connectivity index (χ4n) is 1.69. The highest BCUT2D eigenvalue weighted by Crippen LogP contribution is 2.26. The smallest absolute Gasteiger partial charge is 0.259 e. The molecule has 0 aliphatic heterocycles. The van der Waals surface area contributed by atoms with Crippen LogP contribution in [0.3, 0.4) is 0 Å². The lowest BCUT2D eigenvalue weighted by Crippen LogP contribution is -2.27. The predicted octanol–water partition coefficient (Wildman–Crippen LogP) is 2.71. The first kappa shape index (κ1) is 14.3. The Labute approximate surface area is 125 Å². The van der Waals surface area contributed by atoms with Crippen molar-refractivity contribution in [2.75, 3.05) is 24.8 Å². The molecule has 0 saturated heterocycles. The molecule has 0 spiro atoms. The number of rotatable bonds is 3. The van der Waals surface area contributed by atoms with Crippen LogP contribution in [-0.4, -0.2) is 25.0 Å². The van der Waals surface area contributed by atoms with E-state index >= 15 is 0 Å². The molecule has 0 aliphatic rings. The van der Waals surface area contributed by atoms with Crippen LogP contribution in [0.5, 0.6) is 5.75 Å². The van der Waals surface area contributed by atoms with Gasteiger partial charge in [0.1, 0.15) is 11.6 Å². The van der Waals surface area contributed by atoms with Crippen molar-refractivity contribution in [2.45, 2.75) is 0 Å². The monoisotopic (exact) mass is 335 g/mol. The second kappa shape index (κ2) is 5.92. The number of carbonyl (C=O) groups excluding carboxylic acids is 1. The maximum absolute atomic E-state index is 12.4. The molecule has 20 heavy (non-hydrogen) atoms. The molecular formula is C14H14BrN3O2. The van der Waals surface area contributed by atoms with E-state index in [4.69, 9.17) is 10.5 Å². The van der Waals surface area contributed by atoms with E-state index in [0.717, 1.165) is 4.47 Å². The Kier molecular flexibility index (Phi) is 4.24. The Morgan fingerprint density at radius 2 is 2.10 bits per heavy atom. The van der Waals surface area contributed by atoms with Crippen molar-refractivity contribution >= 4 is 33.3 Å². The van der Waals surface area contributed by atoms with Crippen LogP contribution < -0.4 is 15.4 Å². The van der Waals surface area contributed by atoms with Crippen molar-refractivity contribution in [1.82, 2.24) is 4.98 Å². The third kappa shape index (κ3) is 2.91. The molecule has 1 aromatic carbocycles. The fourth-order valence-corrected chi connectivity index (χ4v) is 2.23. The molecule has 104 valence electrons. The number of methoxy groups -OCH3 is 1. The molecule has 2 aromatic rings. The van der Waals surface area contributed by atoms with Crippen molar-refractivity contribution in [3.8, 4) is 5.75 Å². The van der Waals surface area contributed by atoms with Crippen LogP contribution >= 0.6 is 15.9 Å². The SMILES string of the molecule is COc1ccc(C(=O)N(C)c2ccc(N)cn2)cc1Br. The summed E-state index contributed by atoms with van der Waals surface area (Å²) in [6.45, 7) is 0. The maximum atomic E-state index is 12.4. The Hall–Kier alpha value is -2.08. The molecule has 2 rings (SSSR count). The highest BCUT2D eigenvalue weighted by atomic mass is 79.9. The number of nitrogen functional groups attached to an aromatic ring is 1. The summed E-state index contributed by atoms with van der Waals surface area (Å²) in [6, 6.07) is 8.57. The summed E-state index contributed by atoms with van der Waals surface area (Å²) < 4.78 is 5.87. The summed E-state index contributed by atoms with van der Waals surface area (Å²) >= 11 is 3.36. The van der Waals surface area contributed by atoms with Crippen LogP contribution in [0, 0.1) is 0 Å². The summed E-state index contributed by atoms with van der Waals surface area (Å²) in [6.07, 6.45) is 1.52. The summed E-state index contributed by atoms with van der Waals surface area (Å²) in [5.41, 5.74) is 6.68. The molecule has 0 saturated carbocycles. The van der Waals surface area contributed by atoms with Gasteiger partial charge in [0.05, 0.1) is 23.5 Å². The van der Waals surface area contributed by atoms with E-state index in [0.29, 0.717) is 22.8 Å². The van der Waals surface area contributed by atoms with Gasteiger partial charge in [-0.2, -0.15) is 0 Å². The van der Waals surface area contributed by atoms with Gasteiger partial charge >= 0.3 is 0 Å². The van der Waals surface area contributed by atoms with E-state index in [-0.39, 0.29) is 5.91 Å². The lowest BCUT2D eigenvalue weighted by atomic mass is 10.2. The Bertz CT molecular complexity index is 629. The number of hydrogen-bond donors (Lipinski definition) is 1. The first-order valence-electron chi connectivity index (χ1n) is 5.86. The van der Waals surface area contributed by atoms with Gasteiger partial charge in [0, 0.05) is 12.6 Å². The molecular weight excluding hydrogens is 322 g/mol. The molecule has 0 unspecified atom stereocenters. The molecule has 1 amide bonds. The standard InChI is InChI=1S/C14H14BrN3O2/c1-18(13-6-4-10(16)8-17-13)14(19)9-3-5-12(20-2)11(15)7-9/h3-8H,16H2,1-2H3. The Morgan fingerprint density at radius 1 is 1.35 bits per heavy atom. The minimum atomic E-state index is -0.161. The highest BCUT2D eigenvalue weighted by molar-refractivity contribution is 9.10. The van der Waals surface area contributed by atoms with Gasteiger partial charge in [0.15, 0.2) is 0 Å². The van der Waals surface area contributed by atoms with Crippen molar-refractivity contribution < 1.29 is 9.53 Å². The summed E-state index contributed by atoms with van der Waals surface area (Å²) in [7, 11) is 3.24. The van der Waals surface area contributed by atoms with Crippen molar-refractivity contribution in [2.24, 2.45) is 0 Å². The van der Waals surface area contributed by atoms with Crippen LogP contribution in [0.4, 0.5) is 11.5 Å². The molecule has 0 atom stereocenters. The van der Waals surface area contributed by atoms with Crippen LogP contribution in [0.25, 0.3) is 0 Å². The first-order valence-corrected chi connectivity index (χ1v) is 6.65. The summed E-state index contributed by atoms with van der Waals surface area (Å²) in [4.78, 5) is 18.0. The van der Waals surface area contributed by atoms with Crippen molar-refractivity contribution in [3.63, 3.8) is 0 Å². The molecule has 2 N–H and O–H groups in total. The number of hydrogen-bond acceptors (Lipinski definition) is 4. The number of halogens is 1. The van der Waals surface area contributed by atoms with Crippen LogP contribution in [0.2, 0.25) is 0 Å². The Morgan fingerprint density at radius 3 is 2.65 bits per heavy atom. The summed E-state index contributed by atoms with van der Waals surface area (Å²) in [5, 5.41) is 0. The van der Waals surface area contributed by atoms with Crippen LogP contribution in [0.15, 0.2) is 41.0 Å². The molecule has 6 heteroatoms. The average molecular weight is 336 g/mol. The van der Waals surface area contributed by atoms with Gasteiger partial charge < -0.3 is 10.5 Å². The van der Waals surface area contributed by atoms with Crippen LogP contribution in [-0.2, 0) is 0 Å². The normalized spacial score (nSPS) is 10.2. The molecule has 0 bridgehead atoms. The van der Waals surface area contributed by atoms with Crippen molar-refractivity contribution in [3.05, 3.63) is 46.6 Å². The van der Waals surface area contributed by atoms with Gasteiger partial charge in [-0.15, -0.1) is 0 Å². The van der Waals surface area contributed by atoms with Gasteiger partial charge in [-0.05, 0) is 46.3 Å². The zero-order valence-corrected chi connectivity index (χ0v) is 12.7. The molecule has 0 radical (unpaired) electrons. The number of anilines is 2. The zero-order valence-electron chi connectivity index (χ0n) is 11.1. The van der Waals surface area contributed by atoms with E-state index in [2.05, 4.69) is 20.9 Å². The van der Waals surface area contributed by atoms with Gasteiger partial charge in [-0.1, -0.05) is 0 Å². The fraction of sp³-hybridized carbons (Fsp3) is 0.143. The van der Waals surface area contributed by atoms with E-state index < -0.39 is 0 Å². The highest BCUT2D eigenvalue weighted by Gasteiger charge is 2.15. The lowest BCUT2D eigenvalue weighted by molar-refractivity contribution is 0.0992. The average Bonchev–Trinajstić information content (AvgIpc) is 2.46. The number of pyridine rings is 1. The minimum absolute atomic E-state index is 0.161. The molecule has 1 aromatic heterocycles. The minimum Gasteiger partial charge on any atom is -0.496 e. The number of nitrogens with two attached hydrogens (primary N) is 1. The van der Waals surface area contributed by atoms with E-state index in [1.807, 2.05) is 0 Å². The van der Waals surface area contributed by atoms with E-state index in [9.17, 15) is 4.79 Å². The molecule has 0 fully saturated rings. The predicted molar refractivity (Wildman–Crippen MR) is 82.1 cm³/mol. The second-order valence-electron chi connectivity index (χ2n) is 4.16. The zero-order chi connectivity index (χ0) is 14.7. The Balaban J connectivity index is 2.26. The largest absolute Gasteiger partial charge is 0.496 e. The number of carbonyl (C=O) groups is 1. The van der Waals surface area contributed by atoms with E-state index in [1.165, 1.54) is 11.1 Å². The number of benzene rings is 1. The molecule has 5 nitrogen and oxygen atoms in total. The number of nitrogens with zero attached hydrogens (tertiary/aromatic N) is 2. The lowest BCUT2D eigenvalue weighted by Gasteiger charge is -2.16. The summed E-state index contributed by atoms with van der Waals surface area (Å²) in [5.74, 6) is 1.05. The first-order chi connectivity index (χ1) is 9.52. The second-order valence-corrected chi connectivity index (χ2v) is 5.02. The van der Waals surface area contributed by atoms with Gasteiger partial charge in [0.2, 0.25) is 0 Å². The van der Waals surface area contributed by atoms with Gasteiger partial charge in [-0.25, -0.2) is 4.98 Å². The maximum Gasteiger partial charge on any atom is 0.259 e. The van der Waals surface area contributed by atoms with Crippen molar-refractivity contribution in [1.29, 1.82) is 0 Å². The number of amides is 1. The van der Waals surface area contributed by atoms with Gasteiger partial charge in [-0.3, -0.25) is 9.69 Å². The van der Waals surface area contributed by atoms with Gasteiger partial charge in [0.25, 0.3) is 5.91 Å². The quantitative estimate of drug-likeness (QED) is 0.936. The van der Waals surface area contributed by atoms with Crippen LogP contribution in [0.1, 0.15) is 10.4 Å². The third-order valence-electron chi connectivity index (χ3n) is 2.82. The molecule has 0 aliphatic carbocycles. The number of ether oxygens (including phenoxy) is 1. The number of aromatic nitrogens is 1. The topological polar surface area (TPSA) is 68.5 Å². The van der Waals surface area contributed by atoms with E-state index in [1.54, 1.807) is 44.5 Å². The third-order valence-corrected chi connectivity index (χ3v) is 3.44.